The number of nitrogens with one attached hydrogen (secondary N) is 1. The first-order valence-corrected chi connectivity index (χ1v) is 13.6. The number of nitrogens with zero attached hydrogens (tertiary/aromatic N) is 4. The summed E-state index contributed by atoms with van der Waals surface area (Å²) in [7, 11) is 3.06. The second-order valence-electron chi connectivity index (χ2n) is 9.66. The number of hydrogen-bond donors (Lipinski definition) is 1. The van der Waals surface area contributed by atoms with E-state index < -0.39 is 17.5 Å². The number of alkyl halides is 3. The molecule has 0 unspecified atom stereocenters. The zero-order valence-electron chi connectivity index (χ0n) is 23.2. The van der Waals surface area contributed by atoms with Crippen LogP contribution in [0.25, 0.3) is 10.9 Å². The number of carbonyl (C=O) groups excluding carboxylic acids is 2. The van der Waals surface area contributed by atoms with E-state index in [-0.39, 0.29) is 22.2 Å². The quantitative estimate of drug-likeness (QED) is 0.273. The van der Waals surface area contributed by atoms with Crippen molar-refractivity contribution in [2.24, 2.45) is 0 Å². The van der Waals surface area contributed by atoms with Crippen LogP contribution in [0.1, 0.15) is 5.56 Å². The number of aromatic nitrogens is 2. The number of fused-ring (bicyclic) bond motifs is 1. The van der Waals surface area contributed by atoms with Gasteiger partial charge in [-0.05, 0) is 24.3 Å². The third-order valence-electron chi connectivity index (χ3n) is 7.02. The molecule has 2 aromatic carbocycles. The van der Waals surface area contributed by atoms with Crippen LogP contribution in [0.4, 0.5) is 24.7 Å². The minimum atomic E-state index is -4.57. The Morgan fingerprint density at radius 2 is 1.67 bits per heavy atom. The summed E-state index contributed by atoms with van der Waals surface area (Å²) in [6.07, 6.45) is -0.772. The fourth-order valence-electron chi connectivity index (χ4n) is 4.83. The Kier molecular flexibility index (Phi) is 8.74. The second-order valence-corrected chi connectivity index (χ2v) is 10.1. The summed E-state index contributed by atoms with van der Waals surface area (Å²) in [5.74, 6) is 0.375. The predicted molar refractivity (Wildman–Crippen MR) is 154 cm³/mol. The third kappa shape index (κ3) is 6.52. The highest BCUT2D eigenvalue weighted by molar-refractivity contribution is 6.31. The highest BCUT2D eigenvalue weighted by Crippen LogP contribution is 2.38. The lowest BCUT2D eigenvalue weighted by Gasteiger charge is -2.38. The Morgan fingerprint density at radius 3 is 2.37 bits per heavy atom. The van der Waals surface area contributed by atoms with E-state index in [9.17, 15) is 22.8 Å². The molecule has 0 bridgehead atoms. The molecular weight excluding hydrogens is 591 g/mol. The number of anilines is 2. The number of allylic oxidation sites excluding steroid dienone is 2. The van der Waals surface area contributed by atoms with Crippen LogP contribution in [0.2, 0.25) is 5.02 Å². The van der Waals surface area contributed by atoms with Gasteiger partial charge in [0.05, 0.1) is 41.2 Å². The number of benzene rings is 2. The fourth-order valence-corrected chi connectivity index (χ4v) is 5.05. The maximum atomic E-state index is 13.3. The van der Waals surface area contributed by atoms with Crippen molar-refractivity contribution in [1.29, 1.82) is 0 Å². The molecule has 1 aliphatic heterocycles. The standard InChI is InChI=1S/C29H27ClF3N5O5/c1-41-9-10-43-27-14-21-18(12-26(27)42-2)28(35-16-34-21)36-22-13-25(40)23(15-24(22)39)38-7-5-37(6-8-38)17-3-4-20(30)19(11-17)29(31,32)33/h3-4,11-16H,5-10H2,1-2H3,(H,34,35,36). The van der Waals surface area contributed by atoms with E-state index in [2.05, 4.69) is 15.3 Å². The molecule has 2 aliphatic rings. The summed E-state index contributed by atoms with van der Waals surface area (Å²) in [4.78, 5) is 38.3. The first-order chi connectivity index (χ1) is 20.6. The average molecular weight is 618 g/mol. The maximum absolute atomic E-state index is 13.3. The van der Waals surface area contributed by atoms with E-state index >= 15 is 0 Å². The largest absolute Gasteiger partial charge is 0.493 e. The van der Waals surface area contributed by atoms with Crippen LogP contribution in [0.15, 0.2) is 60.2 Å². The first kappa shape index (κ1) is 30.1. The number of methoxy groups -OCH3 is 2. The van der Waals surface area contributed by atoms with Crippen molar-refractivity contribution in [2.45, 2.75) is 6.18 Å². The molecule has 1 aliphatic carbocycles. The van der Waals surface area contributed by atoms with Gasteiger partial charge in [0.1, 0.15) is 18.8 Å². The van der Waals surface area contributed by atoms with Crippen molar-refractivity contribution in [3.8, 4) is 11.5 Å². The molecule has 1 aromatic heterocycles. The lowest BCUT2D eigenvalue weighted by atomic mass is 10.0. The molecule has 1 saturated heterocycles. The summed E-state index contributed by atoms with van der Waals surface area (Å²) in [6, 6.07) is 7.14. The van der Waals surface area contributed by atoms with Gasteiger partial charge in [-0.15, -0.1) is 0 Å². The van der Waals surface area contributed by atoms with Gasteiger partial charge in [-0.2, -0.15) is 13.2 Å². The van der Waals surface area contributed by atoms with Crippen LogP contribution >= 0.6 is 11.6 Å². The molecular formula is C29H27ClF3N5O5. The number of carbonyl (C=O) groups is 2. The number of hydrogen-bond acceptors (Lipinski definition) is 10. The maximum Gasteiger partial charge on any atom is 0.417 e. The number of ether oxygens (including phenoxy) is 3. The zero-order valence-corrected chi connectivity index (χ0v) is 24.0. The fraction of sp³-hybridized carbons (Fsp3) is 0.310. The van der Waals surface area contributed by atoms with Crippen molar-refractivity contribution in [3.63, 3.8) is 0 Å². The van der Waals surface area contributed by atoms with Gasteiger partial charge in [-0.3, -0.25) is 9.59 Å². The molecule has 1 N–H and O–H groups in total. The predicted octanol–water partition coefficient (Wildman–Crippen LogP) is 4.49. The normalized spacial score (nSPS) is 15.9. The first-order valence-electron chi connectivity index (χ1n) is 13.2. The summed E-state index contributed by atoms with van der Waals surface area (Å²) in [5.41, 5.74) is 0.256. The molecule has 0 spiro atoms. The van der Waals surface area contributed by atoms with Crippen molar-refractivity contribution in [1.82, 2.24) is 14.9 Å². The lowest BCUT2D eigenvalue weighted by molar-refractivity contribution is -0.137. The highest BCUT2D eigenvalue weighted by atomic mass is 35.5. The summed E-state index contributed by atoms with van der Waals surface area (Å²) < 4.78 is 56.1. The van der Waals surface area contributed by atoms with Gasteiger partial charge in [-0.1, -0.05) is 11.6 Å². The number of halogens is 4. The van der Waals surface area contributed by atoms with Crippen molar-refractivity contribution in [3.05, 3.63) is 70.8 Å². The summed E-state index contributed by atoms with van der Waals surface area (Å²) in [5, 5.41) is 3.13. The smallest absolute Gasteiger partial charge is 0.417 e. The van der Waals surface area contributed by atoms with Crippen LogP contribution in [-0.2, 0) is 20.5 Å². The molecule has 43 heavy (non-hydrogen) atoms. The van der Waals surface area contributed by atoms with Gasteiger partial charge >= 0.3 is 6.18 Å². The van der Waals surface area contributed by atoms with E-state index in [1.54, 1.807) is 29.0 Å². The minimum absolute atomic E-state index is 0.0348. The van der Waals surface area contributed by atoms with E-state index in [1.807, 2.05) is 0 Å². The molecule has 5 rings (SSSR count). The van der Waals surface area contributed by atoms with Gasteiger partial charge in [-0.25, -0.2) is 9.97 Å². The van der Waals surface area contributed by atoms with Crippen LogP contribution in [-0.4, -0.2) is 80.0 Å². The van der Waals surface area contributed by atoms with Gasteiger partial charge in [0.2, 0.25) is 11.6 Å². The Morgan fingerprint density at radius 1 is 0.930 bits per heavy atom. The van der Waals surface area contributed by atoms with Crippen molar-refractivity contribution >= 4 is 45.6 Å². The molecule has 3 aromatic rings. The van der Waals surface area contributed by atoms with Gasteiger partial charge < -0.3 is 29.3 Å². The SMILES string of the molecule is COCCOc1cc2ncnc(NC3=CC(=O)C(N4CCN(c5ccc(Cl)c(C(F)(F)F)c5)CC4)=CC3=O)c2cc1OC. The lowest BCUT2D eigenvalue weighted by Crippen LogP contribution is -2.47. The molecule has 2 heterocycles. The van der Waals surface area contributed by atoms with Crippen LogP contribution < -0.4 is 19.7 Å². The van der Waals surface area contributed by atoms with E-state index in [0.717, 1.165) is 6.07 Å². The topological polar surface area (TPSA) is 106 Å². The minimum Gasteiger partial charge on any atom is -0.493 e. The average Bonchev–Trinajstić information content (AvgIpc) is 2.98. The molecule has 14 heteroatoms. The van der Waals surface area contributed by atoms with Crippen molar-refractivity contribution < 1.29 is 37.0 Å². The molecule has 1 fully saturated rings. The number of rotatable bonds is 9. The van der Waals surface area contributed by atoms with E-state index in [4.69, 9.17) is 25.8 Å². The number of piperazine rings is 1. The zero-order chi connectivity index (χ0) is 30.7. The monoisotopic (exact) mass is 617 g/mol. The Hall–Kier alpha value is -4.36. The molecule has 0 amide bonds. The number of ketones is 2. The molecule has 10 nitrogen and oxygen atoms in total. The van der Waals surface area contributed by atoms with Gasteiger partial charge in [0, 0.05) is 62.6 Å². The van der Waals surface area contributed by atoms with E-state index in [1.165, 1.54) is 37.7 Å². The van der Waals surface area contributed by atoms with Crippen LogP contribution in [0.5, 0.6) is 11.5 Å². The Bertz CT molecular complexity index is 1620. The van der Waals surface area contributed by atoms with E-state index in [0.29, 0.717) is 73.3 Å². The summed E-state index contributed by atoms with van der Waals surface area (Å²) in [6.45, 7) is 2.05. The highest BCUT2D eigenvalue weighted by Gasteiger charge is 2.34. The third-order valence-corrected chi connectivity index (χ3v) is 7.35. The molecule has 0 saturated carbocycles. The van der Waals surface area contributed by atoms with Crippen molar-refractivity contribution in [2.75, 3.05) is 63.8 Å². The Balaban J connectivity index is 1.28. The van der Waals surface area contributed by atoms with Crippen LogP contribution in [0.3, 0.4) is 0 Å². The Labute approximate surface area is 249 Å². The molecule has 0 atom stereocenters. The van der Waals surface area contributed by atoms with Gasteiger partial charge in [0.15, 0.2) is 11.5 Å². The molecule has 226 valence electrons. The van der Waals surface area contributed by atoms with Gasteiger partial charge in [0.25, 0.3) is 0 Å². The summed E-state index contributed by atoms with van der Waals surface area (Å²) >= 11 is 5.75. The second kappa shape index (κ2) is 12.5. The van der Waals surface area contributed by atoms with Crippen LogP contribution in [0, 0.1) is 0 Å². The molecule has 0 radical (unpaired) electrons.